The Morgan fingerprint density at radius 3 is 2.35 bits per heavy atom. The van der Waals surface area contributed by atoms with E-state index in [0.29, 0.717) is 50.3 Å². The van der Waals surface area contributed by atoms with Crippen molar-refractivity contribution in [2.75, 3.05) is 26.2 Å². The van der Waals surface area contributed by atoms with Gasteiger partial charge in [0.25, 0.3) is 5.91 Å². The van der Waals surface area contributed by atoms with E-state index in [4.69, 9.17) is 4.42 Å². The Balaban J connectivity index is 1.62. The molecule has 0 spiro atoms. The van der Waals surface area contributed by atoms with Gasteiger partial charge in [0.05, 0.1) is 17.1 Å². The van der Waals surface area contributed by atoms with Crippen LogP contribution in [0.25, 0.3) is 0 Å². The molecule has 1 aromatic heterocycles. The summed E-state index contributed by atoms with van der Waals surface area (Å²) in [7, 11) is -3.22. The molecule has 2 saturated heterocycles. The number of furan rings is 1. The number of piperidine rings is 2. The first kappa shape index (κ1) is 16.5. The van der Waals surface area contributed by atoms with Gasteiger partial charge in [-0.1, -0.05) is 6.42 Å². The zero-order valence-corrected chi connectivity index (χ0v) is 14.3. The molecule has 7 heteroatoms. The zero-order valence-electron chi connectivity index (χ0n) is 13.5. The molecule has 128 valence electrons. The first-order valence-electron chi connectivity index (χ1n) is 8.32. The molecule has 0 aliphatic carbocycles. The summed E-state index contributed by atoms with van der Waals surface area (Å²) in [5.74, 6) is 0.545. The number of hydrogen-bond acceptors (Lipinski definition) is 4. The highest BCUT2D eigenvalue weighted by molar-refractivity contribution is 7.89. The molecule has 0 atom stereocenters. The number of sulfonamides is 1. The van der Waals surface area contributed by atoms with Gasteiger partial charge in [-0.2, -0.15) is 0 Å². The van der Waals surface area contributed by atoms with Crippen molar-refractivity contribution in [3.05, 3.63) is 23.7 Å². The number of aryl methyl sites for hydroxylation is 1. The minimum atomic E-state index is -3.22. The molecule has 0 unspecified atom stereocenters. The molecule has 6 nitrogen and oxygen atoms in total. The number of carbonyl (C=O) groups is 1. The highest BCUT2D eigenvalue weighted by Crippen LogP contribution is 2.25. The van der Waals surface area contributed by atoms with Gasteiger partial charge in [-0.15, -0.1) is 0 Å². The number of hydrogen-bond donors (Lipinski definition) is 0. The average Bonchev–Trinajstić information content (AvgIpc) is 3.01. The summed E-state index contributed by atoms with van der Waals surface area (Å²) in [6, 6.07) is 1.67. The minimum Gasteiger partial charge on any atom is -0.469 e. The Labute approximate surface area is 137 Å². The van der Waals surface area contributed by atoms with Gasteiger partial charge in [-0.3, -0.25) is 4.79 Å². The zero-order chi connectivity index (χ0) is 16.4. The lowest BCUT2D eigenvalue weighted by molar-refractivity contribution is 0.0722. The predicted molar refractivity (Wildman–Crippen MR) is 86.7 cm³/mol. The molecule has 0 saturated carbocycles. The normalized spacial score (nSPS) is 21.5. The SMILES string of the molecule is Cc1occc1C(=O)N1CCC(S(=O)(=O)N2CCCCC2)CC1. The van der Waals surface area contributed by atoms with Crippen LogP contribution in [0.1, 0.15) is 48.2 Å². The molecule has 2 aliphatic rings. The summed E-state index contributed by atoms with van der Waals surface area (Å²) in [6.07, 6.45) is 5.56. The third kappa shape index (κ3) is 3.30. The van der Waals surface area contributed by atoms with Crippen LogP contribution in [0, 0.1) is 6.92 Å². The second-order valence-electron chi connectivity index (χ2n) is 6.39. The lowest BCUT2D eigenvalue weighted by atomic mass is 10.1. The van der Waals surface area contributed by atoms with Gasteiger partial charge in [-0.05, 0) is 38.7 Å². The Morgan fingerprint density at radius 1 is 1.13 bits per heavy atom. The minimum absolute atomic E-state index is 0.0647. The molecule has 3 rings (SSSR count). The van der Waals surface area contributed by atoms with Gasteiger partial charge >= 0.3 is 0 Å². The second-order valence-corrected chi connectivity index (χ2v) is 8.60. The second kappa shape index (κ2) is 6.65. The van der Waals surface area contributed by atoms with E-state index in [1.54, 1.807) is 22.2 Å². The maximum atomic E-state index is 12.7. The number of carbonyl (C=O) groups excluding carboxylic acids is 1. The van der Waals surface area contributed by atoms with Crippen molar-refractivity contribution in [3.63, 3.8) is 0 Å². The molecule has 23 heavy (non-hydrogen) atoms. The summed E-state index contributed by atoms with van der Waals surface area (Å²) < 4.78 is 32.2. The van der Waals surface area contributed by atoms with Crippen LogP contribution in [0.3, 0.4) is 0 Å². The number of amides is 1. The van der Waals surface area contributed by atoms with Crippen molar-refractivity contribution in [2.45, 2.75) is 44.3 Å². The largest absolute Gasteiger partial charge is 0.469 e. The topological polar surface area (TPSA) is 70.8 Å². The Bertz CT molecular complexity index is 653. The van der Waals surface area contributed by atoms with Gasteiger partial charge in [0.2, 0.25) is 10.0 Å². The first-order chi connectivity index (χ1) is 11.0. The summed E-state index contributed by atoms with van der Waals surface area (Å²) in [5.41, 5.74) is 0.572. The lowest BCUT2D eigenvalue weighted by Gasteiger charge is -2.35. The van der Waals surface area contributed by atoms with E-state index in [9.17, 15) is 13.2 Å². The molecule has 0 bridgehead atoms. The summed E-state index contributed by atoms with van der Waals surface area (Å²) in [5, 5.41) is -0.352. The lowest BCUT2D eigenvalue weighted by Crippen LogP contribution is -2.48. The average molecular weight is 340 g/mol. The molecule has 3 heterocycles. The molecule has 1 aromatic rings. The van der Waals surface area contributed by atoms with E-state index in [2.05, 4.69) is 0 Å². The molecule has 2 fully saturated rings. The van der Waals surface area contributed by atoms with Crippen LogP contribution in [0.2, 0.25) is 0 Å². The monoisotopic (exact) mass is 340 g/mol. The van der Waals surface area contributed by atoms with E-state index in [-0.39, 0.29) is 11.2 Å². The van der Waals surface area contributed by atoms with E-state index in [0.717, 1.165) is 19.3 Å². The first-order valence-corrected chi connectivity index (χ1v) is 9.83. The Kier molecular flexibility index (Phi) is 4.77. The van der Waals surface area contributed by atoms with Crippen molar-refractivity contribution < 1.29 is 17.6 Å². The van der Waals surface area contributed by atoms with Gasteiger partial charge in [0.15, 0.2) is 0 Å². The fraction of sp³-hybridized carbons (Fsp3) is 0.688. The van der Waals surface area contributed by atoms with Gasteiger partial charge in [-0.25, -0.2) is 12.7 Å². The van der Waals surface area contributed by atoms with Crippen LogP contribution in [0.5, 0.6) is 0 Å². The Morgan fingerprint density at radius 2 is 1.78 bits per heavy atom. The fourth-order valence-corrected chi connectivity index (χ4v) is 5.46. The molecule has 0 aromatic carbocycles. The van der Waals surface area contributed by atoms with E-state index in [1.165, 1.54) is 6.26 Å². The highest BCUT2D eigenvalue weighted by Gasteiger charge is 2.36. The van der Waals surface area contributed by atoms with Gasteiger partial charge in [0, 0.05) is 26.2 Å². The quantitative estimate of drug-likeness (QED) is 0.844. The third-order valence-corrected chi connectivity index (χ3v) is 7.31. The van der Waals surface area contributed by atoms with E-state index < -0.39 is 10.0 Å². The molecule has 0 radical (unpaired) electrons. The number of nitrogens with zero attached hydrogens (tertiary/aromatic N) is 2. The fourth-order valence-electron chi connectivity index (χ4n) is 3.46. The van der Waals surface area contributed by atoms with E-state index >= 15 is 0 Å². The highest BCUT2D eigenvalue weighted by atomic mass is 32.2. The van der Waals surface area contributed by atoms with Gasteiger partial charge in [0.1, 0.15) is 5.76 Å². The smallest absolute Gasteiger partial charge is 0.257 e. The van der Waals surface area contributed by atoms with Crippen LogP contribution in [0.4, 0.5) is 0 Å². The van der Waals surface area contributed by atoms with Crippen molar-refractivity contribution in [2.24, 2.45) is 0 Å². The van der Waals surface area contributed by atoms with E-state index in [1.807, 2.05) is 0 Å². The van der Waals surface area contributed by atoms with Crippen molar-refractivity contribution in [3.8, 4) is 0 Å². The van der Waals surface area contributed by atoms with Crippen LogP contribution < -0.4 is 0 Å². The predicted octanol–water partition coefficient (Wildman–Crippen LogP) is 2.01. The molecule has 0 N–H and O–H groups in total. The summed E-state index contributed by atoms with van der Waals surface area (Å²) >= 11 is 0. The van der Waals surface area contributed by atoms with Crippen molar-refractivity contribution >= 4 is 15.9 Å². The van der Waals surface area contributed by atoms with Crippen LogP contribution >= 0.6 is 0 Å². The van der Waals surface area contributed by atoms with Crippen molar-refractivity contribution in [1.29, 1.82) is 0 Å². The van der Waals surface area contributed by atoms with Crippen LogP contribution in [-0.2, 0) is 10.0 Å². The van der Waals surface area contributed by atoms with Crippen LogP contribution in [-0.4, -0.2) is 55.0 Å². The molecule has 1 amide bonds. The third-order valence-electron chi connectivity index (χ3n) is 4.91. The Hall–Kier alpha value is -1.34. The molecular formula is C16H24N2O4S. The summed E-state index contributed by atoms with van der Waals surface area (Å²) in [4.78, 5) is 14.2. The number of rotatable bonds is 3. The van der Waals surface area contributed by atoms with Crippen LogP contribution in [0.15, 0.2) is 16.7 Å². The van der Waals surface area contributed by atoms with Crippen molar-refractivity contribution in [1.82, 2.24) is 9.21 Å². The maximum Gasteiger partial charge on any atom is 0.257 e. The maximum absolute atomic E-state index is 12.7. The summed E-state index contributed by atoms with van der Waals surface area (Å²) in [6.45, 7) is 4.04. The van der Waals surface area contributed by atoms with Gasteiger partial charge < -0.3 is 9.32 Å². The molecular weight excluding hydrogens is 316 g/mol. The number of likely N-dealkylation sites (tertiary alicyclic amines) is 1. The standard InChI is InChI=1S/C16H24N2O4S/c1-13-15(7-12-22-13)16(19)17-10-5-14(6-11-17)23(20,21)18-8-3-2-4-9-18/h7,12,14H,2-6,8-11H2,1H3. The molecule has 2 aliphatic heterocycles.